The number of hydrogen-bond acceptors (Lipinski definition) is 1. The van der Waals surface area contributed by atoms with E-state index in [1.165, 1.54) is 18.2 Å². The summed E-state index contributed by atoms with van der Waals surface area (Å²) < 4.78 is 13.2. The molecule has 27 heavy (non-hydrogen) atoms. The van der Waals surface area contributed by atoms with E-state index >= 15 is 0 Å². The second-order valence-electron chi connectivity index (χ2n) is 6.08. The number of fused-ring (bicyclic) bond motifs is 1. The molecule has 0 radical (unpaired) electrons. The van der Waals surface area contributed by atoms with E-state index in [0.717, 1.165) is 22.2 Å². The van der Waals surface area contributed by atoms with Crippen molar-refractivity contribution >= 4 is 39.9 Å². The van der Waals surface area contributed by atoms with Gasteiger partial charge in [-0.3, -0.25) is 0 Å². The first kappa shape index (κ1) is 17.1. The summed E-state index contributed by atoms with van der Waals surface area (Å²) in [5.74, 6) is -0.406. The molecule has 4 nitrogen and oxygen atoms in total. The van der Waals surface area contributed by atoms with Gasteiger partial charge in [-0.15, -0.1) is 0 Å². The van der Waals surface area contributed by atoms with Gasteiger partial charge in [0, 0.05) is 33.0 Å². The Morgan fingerprint density at radius 1 is 0.889 bits per heavy atom. The minimum Gasteiger partial charge on any atom is -0.355 e. The van der Waals surface area contributed by atoms with Crippen molar-refractivity contribution in [1.29, 1.82) is 0 Å². The Morgan fingerprint density at radius 3 is 2.44 bits per heavy atom. The topological polar surface area (TPSA) is 56.9 Å². The fourth-order valence-electron chi connectivity index (χ4n) is 2.85. The Labute approximate surface area is 160 Å². The number of carbonyl (C=O) groups is 1. The Morgan fingerprint density at radius 2 is 1.67 bits per heavy atom. The second kappa shape index (κ2) is 7.13. The van der Waals surface area contributed by atoms with E-state index in [1.807, 2.05) is 36.4 Å². The molecule has 3 N–H and O–H groups in total. The Bertz CT molecular complexity index is 1120. The molecular weight excluding hydrogens is 365 g/mol. The smallest absolute Gasteiger partial charge is 0.323 e. The van der Waals surface area contributed by atoms with Gasteiger partial charge in [0.25, 0.3) is 0 Å². The Balaban J connectivity index is 1.47. The summed E-state index contributed by atoms with van der Waals surface area (Å²) >= 11 is 6.03. The van der Waals surface area contributed by atoms with Crippen molar-refractivity contribution in [2.24, 2.45) is 0 Å². The average molecular weight is 380 g/mol. The molecule has 1 aromatic heterocycles. The number of H-pyrrole nitrogens is 1. The van der Waals surface area contributed by atoms with E-state index in [4.69, 9.17) is 11.6 Å². The highest BCUT2D eigenvalue weighted by molar-refractivity contribution is 6.31. The van der Waals surface area contributed by atoms with Gasteiger partial charge in [-0.25, -0.2) is 9.18 Å². The first-order valence-corrected chi connectivity index (χ1v) is 8.67. The van der Waals surface area contributed by atoms with Crippen LogP contribution in [0.4, 0.5) is 20.6 Å². The molecule has 0 atom stereocenters. The molecule has 2 amide bonds. The number of rotatable bonds is 3. The maximum absolute atomic E-state index is 13.2. The minimum absolute atomic E-state index is 0.390. The van der Waals surface area contributed by atoms with Crippen LogP contribution in [-0.4, -0.2) is 11.0 Å². The number of amides is 2. The number of hydrogen-bond donors (Lipinski definition) is 3. The fraction of sp³-hybridized carbons (Fsp3) is 0. The van der Waals surface area contributed by atoms with Gasteiger partial charge in [-0.2, -0.15) is 0 Å². The lowest BCUT2D eigenvalue weighted by Gasteiger charge is -2.08. The molecule has 1 heterocycles. The van der Waals surface area contributed by atoms with Gasteiger partial charge in [-0.05, 0) is 60.2 Å². The minimum atomic E-state index is -0.436. The quantitative estimate of drug-likeness (QED) is 0.386. The molecule has 0 spiro atoms. The first-order valence-electron chi connectivity index (χ1n) is 8.29. The molecule has 4 aromatic rings. The van der Waals surface area contributed by atoms with Crippen LogP contribution < -0.4 is 10.6 Å². The predicted molar refractivity (Wildman–Crippen MR) is 108 cm³/mol. The molecule has 0 unspecified atom stereocenters. The van der Waals surface area contributed by atoms with Crippen molar-refractivity contribution in [3.05, 3.63) is 83.6 Å². The van der Waals surface area contributed by atoms with E-state index < -0.39 is 11.8 Å². The first-order chi connectivity index (χ1) is 13.1. The highest BCUT2D eigenvalue weighted by Crippen LogP contribution is 2.27. The van der Waals surface area contributed by atoms with Gasteiger partial charge in [0.1, 0.15) is 5.82 Å². The molecule has 0 aliphatic rings. The molecule has 0 bridgehead atoms. The summed E-state index contributed by atoms with van der Waals surface area (Å²) in [6.07, 6.45) is 0. The van der Waals surface area contributed by atoms with Gasteiger partial charge >= 0.3 is 6.03 Å². The summed E-state index contributed by atoms with van der Waals surface area (Å²) in [7, 11) is 0. The lowest BCUT2D eigenvalue weighted by molar-refractivity contribution is 0.262. The van der Waals surface area contributed by atoms with Crippen molar-refractivity contribution < 1.29 is 9.18 Å². The maximum atomic E-state index is 13.2. The molecule has 0 saturated carbocycles. The van der Waals surface area contributed by atoms with Crippen molar-refractivity contribution in [2.75, 3.05) is 10.6 Å². The molecule has 6 heteroatoms. The van der Waals surface area contributed by atoms with Crippen LogP contribution in [0.25, 0.3) is 22.2 Å². The predicted octanol–water partition coefficient (Wildman–Crippen LogP) is 6.27. The standard InChI is InChI=1S/C21H15ClFN3O/c22-15-6-9-19-14(10-15)11-20(26-19)13-4-7-17(8-5-13)24-21(27)25-18-3-1-2-16(23)12-18/h1-12,26H,(H2,24,25,27). The van der Waals surface area contributed by atoms with Crippen LogP contribution in [0.1, 0.15) is 0 Å². The van der Waals surface area contributed by atoms with Crippen LogP contribution in [0.2, 0.25) is 5.02 Å². The Hall–Kier alpha value is -3.31. The summed E-state index contributed by atoms with van der Waals surface area (Å²) in [5, 5.41) is 7.04. The van der Waals surface area contributed by atoms with Gasteiger partial charge in [0.2, 0.25) is 0 Å². The largest absolute Gasteiger partial charge is 0.355 e. The third-order valence-corrected chi connectivity index (χ3v) is 4.35. The number of aromatic amines is 1. The van der Waals surface area contributed by atoms with E-state index in [1.54, 1.807) is 18.2 Å². The number of halogens is 2. The van der Waals surface area contributed by atoms with Gasteiger partial charge in [0.15, 0.2) is 0 Å². The molecule has 0 aliphatic heterocycles. The zero-order valence-electron chi connectivity index (χ0n) is 14.1. The maximum Gasteiger partial charge on any atom is 0.323 e. The molecule has 0 fully saturated rings. The van der Waals surface area contributed by atoms with E-state index in [-0.39, 0.29) is 0 Å². The van der Waals surface area contributed by atoms with Gasteiger partial charge in [0.05, 0.1) is 0 Å². The van der Waals surface area contributed by atoms with Crippen LogP contribution >= 0.6 is 11.6 Å². The second-order valence-corrected chi connectivity index (χ2v) is 6.52. The number of nitrogens with one attached hydrogen (secondary N) is 3. The van der Waals surface area contributed by atoms with E-state index in [9.17, 15) is 9.18 Å². The van der Waals surface area contributed by atoms with Crippen LogP contribution in [-0.2, 0) is 0 Å². The van der Waals surface area contributed by atoms with E-state index in [2.05, 4.69) is 15.6 Å². The summed E-state index contributed by atoms with van der Waals surface area (Å²) in [6, 6.07) is 20.4. The fourth-order valence-corrected chi connectivity index (χ4v) is 3.03. The van der Waals surface area contributed by atoms with Crippen molar-refractivity contribution in [1.82, 2.24) is 4.98 Å². The summed E-state index contributed by atoms with van der Waals surface area (Å²) in [4.78, 5) is 15.4. The van der Waals surface area contributed by atoms with Crippen molar-refractivity contribution in [3.63, 3.8) is 0 Å². The molecule has 134 valence electrons. The molecule has 4 rings (SSSR count). The SMILES string of the molecule is O=C(Nc1ccc(-c2cc3cc(Cl)ccc3[nH]2)cc1)Nc1cccc(F)c1. The van der Waals surface area contributed by atoms with Crippen molar-refractivity contribution in [3.8, 4) is 11.3 Å². The monoisotopic (exact) mass is 379 g/mol. The lowest BCUT2D eigenvalue weighted by Crippen LogP contribution is -2.19. The molecule has 0 aliphatic carbocycles. The van der Waals surface area contributed by atoms with Crippen LogP contribution in [0.3, 0.4) is 0 Å². The number of urea groups is 1. The van der Waals surface area contributed by atoms with E-state index in [0.29, 0.717) is 16.4 Å². The average Bonchev–Trinajstić information content (AvgIpc) is 3.05. The molecule has 3 aromatic carbocycles. The number of benzene rings is 3. The molecular formula is C21H15ClFN3O. The number of anilines is 2. The summed E-state index contributed by atoms with van der Waals surface area (Å²) in [5.41, 5.74) is 3.97. The Kier molecular flexibility index (Phi) is 4.52. The number of aromatic nitrogens is 1. The van der Waals surface area contributed by atoms with Gasteiger partial charge < -0.3 is 15.6 Å². The van der Waals surface area contributed by atoms with Crippen LogP contribution in [0.15, 0.2) is 72.8 Å². The zero-order chi connectivity index (χ0) is 18.8. The van der Waals surface area contributed by atoms with Crippen molar-refractivity contribution in [2.45, 2.75) is 0 Å². The lowest BCUT2D eigenvalue weighted by atomic mass is 10.1. The third kappa shape index (κ3) is 3.93. The third-order valence-electron chi connectivity index (χ3n) is 4.12. The van der Waals surface area contributed by atoms with Crippen LogP contribution in [0.5, 0.6) is 0 Å². The zero-order valence-corrected chi connectivity index (χ0v) is 14.8. The highest BCUT2D eigenvalue weighted by Gasteiger charge is 2.06. The normalized spacial score (nSPS) is 10.7. The van der Waals surface area contributed by atoms with Crippen LogP contribution in [0, 0.1) is 5.82 Å². The summed E-state index contributed by atoms with van der Waals surface area (Å²) in [6.45, 7) is 0. The van der Waals surface area contributed by atoms with Gasteiger partial charge in [-0.1, -0.05) is 29.8 Å². The highest BCUT2D eigenvalue weighted by atomic mass is 35.5. The molecule has 0 saturated heterocycles. The number of carbonyl (C=O) groups excluding carboxylic acids is 1.